The molecule has 0 aliphatic carbocycles. The molecule has 1 aromatic carbocycles. The summed E-state index contributed by atoms with van der Waals surface area (Å²) in [6.45, 7) is 10.5. The summed E-state index contributed by atoms with van der Waals surface area (Å²) in [6.07, 6.45) is 5.09. The van der Waals surface area contributed by atoms with Crippen molar-refractivity contribution >= 4 is 5.91 Å². The first-order chi connectivity index (χ1) is 14.6. The molecule has 1 atom stereocenters. The number of benzene rings is 1. The van der Waals surface area contributed by atoms with Gasteiger partial charge in [0.1, 0.15) is 0 Å². The predicted molar refractivity (Wildman–Crippen MR) is 118 cm³/mol. The molecule has 1 aromatic heterocycles. The van der Waals surface area contributed by atoms with Crippen molar-refractivity contribution in [2.24, 2.45) is 0 Å². The second-order valence-electron chi connectivity index (χ2n) is 8.72. The van der Waals surface area contributed by atoms with Crippen LogP contribution in [0.3, 0.4) is 0 Å². The summed E-state index contributed by atoms with van der Waals surface area (Å²) >= 11 is 0. The molecule has 0 radical (unpaired) electrons. The predicted octanol–water partition coefficient (Wildman–Crippen LogP) is 3.27. The largest absolute Gasteiger partial charge is 0.375 e. The van der Waals surface area contributed by atoms with Gasteiger partial charge < -0.3 is 14.5 Å². The summed E-state index contributed by atoms with van der Waals surface area (Å²) in [5.74, 6) is 0.106. The minimum Gasteiger partial charge on any atom is -0.375 e. The van der Waals surface area contributed by atoms with E-state index >= 15 is 0 Å². The Morgan fingerprint density at radius 3 is 2.57 bits per heavy atom. The van der Waals surface area contributed by atoms with Crippen LogP contribution in [0.5, 0.6) is 0 Å². The van der Waals surface area contributed by atoms with E-state index in [0.717, 1.165) is 55.2 Å². The fourth-order valence-corrected chi connectivity index (χ4v) is 4.52. The highest BCUT2D eigenvalue weighted by Crippen LogP contribution is 2.18. The van der Waals surface area contributed by atoms with Crippen molar-refractivity contribution in [3.63, 3.8) is 0 Å². The Hall–Kier alpha value is -2.18. The number of hydrogen-bond acceptors (Lipinski definition) is 4. The molecule has 2 fully saturated rings. The molecule has 2 aliphatic rings. The van der Waals surface area contributed by atoms with Crippen molar-refractivity contribution in [1.82, 2.24) is 19.6 Å². The van der Waals surface area contributed by atoms with E-state index < -0.39 is 0 Å². The minimum absolute atomic E-state index is 0.106. The summed E-state index contributed by atoms with van der Waals surface area (Å²) in [5, 5.41) is 4.51. The van der Waals surface area contributed by atoms with E-state index in [1.54, 1.807) is 0 Å². The zero-order valence-electron chi connectivity index (χ0n) is 18.3. The smallest absolute Gasteiger partial charge is 0.253 e. The lowest BCUT2D eigenvalue weighted by atomic mass is 10.1. The molecule has 2 aliphatic heterocycles. The van der Waals surface area contributed by atoms with Gasteiger partial charge in [0.25, 0.3) is 5.91 Å². The Balaban J connectivity index is 1.24. The van der Waals surface area contributed by atoms with Crippen LogP contribution in [-0.2, 0) is 11.3 Å². The van der Waals surface area contributed by atoms with Crippen LogP contribution in [-0.4, -0.2) is 70.9 Å². The van der Waals surface area contributed by atoms with E-state index in [1.807, 2.05) is 40.8 Å². The van der Waals surface area contributed by atoms with Gasteiger partial charge in [0, 0.05) is 30.9 Å². The number of aromatic nitrogens is 2. The van der Waals surface area contributed by atoms with Gasteiger partial charge in [0.05, 0.1) is 24.9 Å². The molecule has 6 nitrogen and oxygen atoms in total. The molecule has 0 spiro atoms. The highest BCUT2D eigenvalue weighted by molar-refractivity contribution is 5.94. The average Bonchev–Trinajstić information content (AvgIpc) is 3.35. The first-order valence-electron chi connectivity index (χ1n) is 11.3. The third-order valence-corrected chi connectivity index (χ3v) is 6.28. The topological polar surface area (TPSA) is 50.6 Å². The van der Waals surface area contributed by atoms with Crippen molar-refractivity contribution in [3.05, 3.63) is 52.8 Å². The van der Waals surface area contributed by atoms with Crippen molar-refractivity contribution in [1.29, 1.82) is 0 Å². The number of hydrogen-bond donors (Lipinski definition) is 0. The van der Waals surface area contributed by atoms with Crippen LogP contribution >= 0.6 is 0 Å². The fourth-order valence-electron chi connectivity index (χ4n) is 4.52. The van der Waals surface area contributed by atoms with Gasteiger partial charge in [0.15, 0.2) is 0 Å². The van der Waals surface area contributed by atoms with Crippen LogP contribution in [0.15, 0.2) is 30.3 Å². The van der Waals surface area contributed by atoms with Gasteiger partial charge in [-0.25, -0.2) is 0 Å². The molecule has 6 heteroatoms. The van der Waals surface area contributed by atoms with Crippen molar-refractivity contribution < 1.29 is 9.53 Å². The maximum Gasteiger partial charge on any atom is 0.253 e. The number of amides is 1. The molecule has 0 saturated carbocycles. The Bertz CT molecular complexity index is 839. The van der Waals surface area contributed by atoms with Crippen molar-refractivity contribution in [2.75, 3.05) is 39.3 Å². The van der Waals surface area contributed by atoms with Crippen LogP contribution in [0.2, 0.25) is 0 Å². The number of likely N-dealkylation sites (tertiary alicyclic amines) is 2. The number of nitrogens with zero attached hydrogens (tertiary/aromatic N) is 4. The van der Waals surface area contributed by atoms with E-state index in [9.17, 15) is 4.79 Å². The second-order valence-corrected chi connectivity index (χ2v) is 8.72. The fraction of sp³-hybridized carbons (Fsp3) is 0.583. The van der Waals surface area contributed by atoms with Gasteiger partial charge in [-0.3, -0.25) is 9.48 Å². The third-order valence-electron chi connectivity index (χ3n) is 6.28. The standard InChI is InChI=1S/C24H34N4O2/c1-19-16-20(2)28(25-19)17-21-6-8-22(9-7-21)24(29)27-13-10-23(18-27)30-15-14-26-11-4-3-5-12-26/h6-9,16,23H,3-5,10-15,17-18H2,1-2H3. The Morgan fingerprint density at radius 2 is 1.87 bits per heavy atom. The monoisotopic (exact) mass is 410 g/mol. The van der Waals surface area contributed by atoms with Gasteiger partial charge >= 0.3 is 0 Å². The van der Waals surface area contributed by atoms with Crippen LogP contribution in [0, 0.1) is 13.8 Å². The summed E-state index contributed by atoms with van der Waals surface area (Å²) in [6, 6.07) is 10.0. The van der Waals surface area contributed by atoms with Gasteiger partial charge in [-0.1, -0.05) is 18.6 Å². The molecule has 2 aromatic rings. The number of carbonyl (C=O) groups is 1. The summed E-state index contributed by atoms with van der Waals surface area (Å²) in [7, 11) is 0. The Kier molecular flexibility index (Phi) is 6.85. The number of ether oxygens (including phenoxy) is 1. The molecule has 3 heterocycles. The molecule has 1 unspecified atom stereocenters. The molecule has 0 N–H and O–H groups in total. The van der Waals surface area contributed by atoms with Gasteiger partial charge in [-0.2, -0.15) is 5.10 Å². The molecule has 1 amide bonds. The van der Waals surface area contributed by atoms with E-state index in [1.165, 1.54) is 32.4 Å². The first-order valence-corrected chi connectivity index (χ1v) is 11.3. The summed E-state index contributed by atoms with van der Waals surface area (Å²) in [4.78, 5) is 17.3. The highest BCUT2D eigenvalue weighted by Gasteiger charge is 2.27. The van der Waals surface area contributed by atoms with Crippen LogP contribution in [0.4, 0.5) is 0 Å². The number of carbonyl (C=O) groups excluding carboxylic acids is 1. The lowest BCUT2D eigenvalue weighted by Gasteiger charge is -2.26. The highest BCUT2D eigenvalue weighted by atomic mass is 16.5. The number of rotatable bonds is 7. The molecule has 30 heavy (non-hydrogen) atoms. The maximum atomic E-state index is 12.9. The molecule has 0 bridgehead atoms. The number of aryl methyl sites for hydroxylation is 2. The number of piperidine rings is 1. The average molecular weight is 411 g/mol. The third kappa shape index (κ3) is 5.29. The molecule has 4 rings (SSSR count). The molecule has 2 saturated heterocycles. The summed E-state index contributed by atoms with van der Waals surface area (Å²) in [5.41, 5.74) is 4.08. The quantitative estimate of drug-likeness (QED) is 0.703. The molecule has 162 valence electrons. The normalized spacial score (nSPS) is 20.1. The van der Waals surface area contributed by atoms with Gasteiger partial charge in [0.2, 0.25) is 0 Å². The molecular weight excluding hydrogens is 376 g/mol. The van der Waals surface area contributed by atoms with Gasteiger partial charge in [-0.15, -0.1) is 0 Å². The van der Waals surface area contributed by atoms with E-state index in [0.29, 0.717) is 6.54 Å². The SMILES string of the molecule is Cc1cc(C)n(Cc2ccc(C(=O)N3CCC(OCCN4CCCCC4)C3)cc2)n1. The Morgan fingerprint density at radius 1 is 1.10 bits per heavy atom. The van der Waals surface area contributed by atoms with Crippen molar-refractivity contribution in [2.45, 2.75) is 52.2 Å². The zero-order valence-corrected chi connectivity index (χ0v) is 18.3. The summed E-state index contributed by atoms with van der Waals surface area (Å²) < 4.78 is 8.07. The lowest BCUT2D eigenvalue weighted by Crippen LogP contribution is -2.34. The van der Waals surface area contributed by atoms with E-state index in [4.69, 9.17) is 4.74 Å². The van der Waals surface area contributed by atoms with Crippen LogP contribution in [0.25, 0.3) is 0 Å². The second kappa shape index (κ2) is 9.75. The first kappa shape index (κ1) is 21.1. The van der Waals surface area contributed by atoms with Crippen molar-refractivity contribution in [3.8, 4) is 0 Å². The van der Waals surface area contributed by atoms with Crippen LogP contribution in [0.1, 0.15) is 53.0 Å². The van der Waals surface area contributed by atoms with E-state index in [-0.39, 0.29) is 12.0 Å². The van der Waals surface area contributed by atoms with Gasteiger partial charge in [-0.05, 0) is 70.0 Å². The van der Waals surface area contributed by atoms with Crippen LogP contribution < -0.4 is 0 Å². The molecular formula is C24H34N4O2. The minimum atomic E-state index is 0.106. The Labute approximate surface area is 179 Å². The van der Waals surface area contributed by atoms with E-state index in [2.05, 4.69) is 23.0 Å². The zero-order chi connectivity index (χ0) is 20.9. The lowest BCUT2D eigenvalue weighted by molar-refractivity contribution is 0.0379. The maximum absolute atomic E-state index is 12.9.